The van der Waals surface area contributed by atoms with Gasteiger partial charge in [-0.05, 0) is 37.5 Å². The number of nitrogens with one attached hydrogen (secondary N) is 2. The topological polar surface area (TPSA) is 41.1 Å². The molecule has 1 heterocycles. The van der Waals surface area contributed by atoms with Crippen LogP contribution in [0.5, 0.6) is 0 Å². The molecule has 0 radical (unpaired) electrons. The lowest BCUT2D eigenvalue weighted by atomic mass is 9.97. The Balaban J connectivity index is 2.07. The van der Waals surface area contributed by atoms with Gasteiger partial charge in [0.15, 0.2) is 0 Å². The number of carbonyl (C=O) groups excluding carboxylic acids is 1. The second-order valence-electron chi connectivity index (χ2n) is 4.29. The maximum absolute atomic E-state index is 12.1. The minimum atomic E-state index is 0.00783. The zero-order chi connectivity index (χ0) is 12.8. The molecule has 0 fully saturated rings. The Bertz CT molecular complexity index is 497. The highest BCUT2D eigenvalue weighted by atomic mass is 16.1. The van der Waals surface area contributed by atoms with Crippen molar-refractivity contribution in [2.75, 3.05) is 18.4 Å². The van der Waals surface area contributed by atoms with E-state index in [4.69, 9.17) is 0 Å². The summed E-state index contributed by atoms with van der Waals surface area (Å²) in [6.07, 6.45) is 2.76. The molecule has 0 atom stereocenters. The predicted molar refractivity (Wildman–Crippen MR) is 73.7 cm³/mol. The van der Waals surface area contributed by atoms with E-state index in [1.807, 2.05) is 18.2 Å². The van der Waals surface area contributed by atoms with E-state index in [0.717, 1.165) is 36.2 Å². The smallest absolute Gasteiger partial charge is 0.251 e. The van der Waals surface area contributed by atoms with Gasteiger partial charge in [0.25, 0.3) is 5.91 Å². The third kappa shape index (κ3) is 2.84. The van der Waals surface area contributed by atoms with Crippen LogP contribution in [0.3, 0.4) is 0 Å². The van der Waals surface area contributed by atoms with Crippen LogP contribution >= 0.6 is 0 Å². The van der Waals surface area contributed by atoms with Crippen LogP contribution in [0.25, 0.3) is 0 Å². The van der Waals surface area contributed by atoms with Gasteiger partial charge in [-0.1, -0.05) is 6.07 Å². The van der Waals surface area contributed by atoms with Crippen LogP contribution in [0.4, 0.5) is 5.69 Å². The molecule has 0 saturated heterocycles. The first-order valence-corrected chi connectivity index (χ1v) is 6.36. The summed E-state index contributed by atoms with van der Waals surface area (Å²) < 4.78 is 0. The third-order valence-electron chi connectivity index (χ3n) is 3.05. The zero-order valence-corrected chi connectivity index (χ0v) is 10.7. The summed E-state index contributed by atoms with van der Waals surface area (Å²) in [4.78, 5) is 12.1. The largest absolute Gasteiger partial charge is 0.385 e. The molecule has 1 aromatic carbocycles. The molecule has 3 heteroatoms. The highest BCUT2D eigenvalue weighted by Gasteiger charge is 2.16. The molecule has 0 aliphatic carbocycles. The molecule has 0 spiro atoms. The number of hydrogen-bond donors (Lipinski definition) is 2. The molecule has 0 bridgehead atoms. The van der Waals surface area contributed by atoms with Crippen molar-refractivity contribution in [3.8, 4) is 11.8 Å². The lowest BCUT2D eigenvalue weighted by Gasteiger charge is -2.20. The second kappa shape index (κ2) is 6.11. The van der Waals surface area contributed by atoms with Crippen molar-refractivity contribution >= 4 is 11.6 Å². The van der Waals surface area contributed by atoms with Gasteiger partial charge in [0.1, 0.15) is 0 Å². The van der Waals surface area contributed by atoms with E-state index >= 15 is 0 Å². The Morgan fingerprint density at radius 2 is 2.39 bits per heavy atom. The van der Waals surface area contributed by atoms with Crippen molar-refractivity contribution in [3.63, 3.8) is 0 Å². The minimum absolute atomic E-state index is 0.00783. The molecule has 2 N–H and O–H groups in total. The van der Waals surface area contributed by atoms with Gasteiger partial charge in [-0.2, -0.15) is 0 Å². The molecule has 1 aliphatic rings. The van der Waals surface area contributed by atoms with E-state index < -0.39 is 0 Å². The zero-order valence-electron chi connectivity index (χ0n) is 10.7. The van der Waals surface area contributed by atoms with E-state index in [1.54, 1.807) is 6.92 Å². The maximum Gasteiger partial charge on any atom is 0.251 e. The predicted octanol–water partition coefficient (Wildman–Crippen LogP) is 2.19. The second-order valence-corrected chi connectivity index (χ2v) is 4.29. The molecule has 1 aliphatic heterocycles. The van der Waals surface area contributed by atoms with E-state index in [9.17, 15) is 4.79 Å². The highest BCUT2D eigenvalue weighted by Crippen LogP contribution is 2.25. The Labute approximate surface area is 108 Å². The molecular weight excluding hydrogens is 224 g/mol. The fourth-order valence-corrected chi connectivity index (χ4v) is 2.18. The van der Waals surface area contributed by atoms with Crippen LogP contribution < -0.4 is 10.6 Å². The van der Waals surface area contributed by atoms with Gasteiger partial charge in [-0.25, -0.2) is 0 Å². The summed E-state index contributed by atoms with van der Waals surface area (Å²) in [6, 6.07) is 5.86. The minimum Gasteiger partial charge on any atom is -0.385 e. The molecule has 0 unspecified atom stereocenters. The average Bonchev–Trinajstić information content (AvgIpc) is 2.43. The maximum atomic E-state index is 12.1. The van der Waals surface area contributed by atoms with Crippen molar-refractivity contribution in [1.29, 1.82) is 0 Å². The standard InChI is InChI=1S/C15H18N2O/c1-2-3-4-10-17-15(18)13-7-5-9-14-12(13)8-6-11-16-14/h5,7,9,16H,4,6,8,10-11H2,1H3,(H,17,18). The molecule has 0 aromatic heterocycles. The third-order valence-corrected chi connectivity index (χ3v) is 3.05. The van der Waals surface area contributed by atoms with E-state index in [2.05, 4.69) is 22.5 Å². The number of fused-ring (bicyclic) bond motifs is 1. The molecule has 3 nitrogen and oxygen atoms in total. The summed E-state index contributed by atoms with van der Waals surface area (Å²) in [5.41, 5.74) is 3.04. The van der Waals surface area contributed by atoms with Gasteiger partial charge in [-0.15, -0.1) is 11.8 Å². The molecule has 0 saturated carbocycles. The molecule has 94 valence electrons. The summed E-state index contributed by atoms with van der Waals surface area (Å²) >= 11 is 0. The van der Waals surface area contributed by atoms with Gasteiger partial charge in [0, 0.05) is 30.8 Å². The molecule has 18 heavy (non-hydrogen) atoms. The number of hydrogen-bond acceptors (Lipinski definition) is 2. The average molecular weight is 242 g/mol. The number of anilines is 1. The Hall–Kier alpha value is -1.95. The Morgan fingerprint density at radius 3 is 3.22 bits per heavy atom. The monoisotopic (exact) mass is 242 g/mol. The Kier molecular flexibility index (Phi) is 4.25. The van der Waals surface area contributed by atoms with Crippen LogP contribution in [0.15, 0.2) is 18.2 Å². The number of amides is 1. The van der Waals surface area contributed by atoms with Crippen LogP contribution in [0, 0.1) is 11.8 Å². The van der Waals surface area contributed by atoms with Gasteiger partial charge < -0.3 is 10.6 Å². The number of benzene rings is 1. The summed E-state index contributed by atoms with van der Waals surface area (Å²) in [5, 5.41) is 6.25. The molecule has 2 rings (SSSR count). The van der Waals surface area contributed by atoms with Gasteiger partial charge in [-0.3, -0.25) is 4.79 Å². The normalized spacial score (nSPS) is 12.7. The molecule has 1 amide bonds. The lowest BCUT2D eigenvalue weighted by Crippen LogP contribution is -2.26. The molecular formula is C15H18N2O. The van der Waals surface area contributed by atoms with Crippen LogP contribution in [-0.2, 0) is 6.42 Å². The van der Waals surface area contributed by atoms with Crippen LogP contribution in [0.2, 0.25) is 0 Å². The van der Waals surface area contributed by atoms with Crippen LogP contribution in [0.1, 0.15) is 35.7 Å². The first kappa shape index (κ1) is 12.5. The van der Waals surface area contributed by atoms with Crippen molar-refractivity contribution in [2.24, 2.45) is 0 Å². The van der Waals surface area contributed by atoms with Crippen molar-refractivity contribution in [3.05, 3.63) is 29.3 Å². The van der Waals surface area contributed by atoms with Gasteiger partial charge >= 0.3 is 0 Å². The fourth-order valence-electron chi connectivity index (χ4n) is 2.18. The van der Waals surface area contributed by atoms with Crippen LogP contribution in [-0.4, -0.2) is 19.0 Å². The van der Waals surface area contributed by atoms with E-state index in [-0.39, 0.29) is 5.91 Å². The first-order valence-electron chi connectivity index (χ1n) is 6.36. The van der Waals surface area contributed by atoms with E-state index in [1.165, 1.54) is 0 Å². The first-order chi connectivity index (χ1) is 8.83. The molecule has 1 aromatic rings. The van der Waals surface area contributed by atoms with Gasteiger partial charge in [0.2, 0.25) is 0 Å². The summed E-state index contributed by atoms with van der Waals surface area (Å²) in [5.74, 6) is 5.77. The van der Waals surface area contributed by atoms with Crippen molar-refractivity contribution in [2.45, 2.75) is 26.2 Å². The fraction of sp³-hybridized carbons (Fsp3) is 0.400. The van der Waals surface area contributed by atoms with Crippen molar-refractivity contribution in [1.82, 2.24) is 5.32 Å². The van der Waals surface area contributed by atoms with E-state index in [0.29, 0.717) is 13.0 Å². The summed E-state index contributed by atoms with van der Waals surface area (Å²) in [6.45, 7) is 3.40. The summed E-state index contributed by atoms with van der Waals surface area (Å²) in [7, 11) is 0. The quantitative estimate of drug-likeness (QED) is 0.630. The lowest BCUT2D eigenvalue weighted by molar-refractivity contribution is 0.0953. The SMILES string of the molecule is CC#CCCNC(=O)c1cccc2c1CCCN2. The van der Waals surface area contributed by atoms with Gasteiger partial charge in [0.05, 0.1) is 0 Å². The highest BCUT2D eigenvalue weighted by molar-refractivity contribution is 5.97. The number of rotatable bonds is 3. The van der Waals surface area contributed by atoms with Crippen molar-refractivity contribution < 1.29 is 4.79 Å². The Morgan fingerprint density at radius 1 is 1.50 bits per heavy atom. The number of carbonyl (C=O) groups is 1.